The maximum absolute atomic E-state index is 13.0. The number of rotatable bonds is 5. The number of fused-ring (bicyclic) bond motifs is 7. The van der Waals surface area contributed by atoms with E-state index in [1.807, 2.05) is 13.8 Å². The van der Waals surface area contributed by atoms with Gasteiger partial charge in [-0.25, -0.2) is 4.79 Å². The van der Waals surface area contributed by atoms with Crippen molar-refractivity contribution in [2.24, 2.45) is 56.7 Å². The summed E-state index contributed by atoms with van der Waals surface area (Å²) in [6, 6.07) is 4.49. The van der Waals surface area contributed by atoms with Gasteiger partial charge in [0.2, 0.25) is 0 Å². The van der Waals surface area contributed by atoms with Crippen LogP contribution in [-0.2, 0) is 9.53 Å². The van der Waals surface area contributed by atoms with E-state index in [1.54, 1.807) is 12.1 Å². The number of phenols is 2. The van der Waals surface area contributed by atoms with Crippen LogP contribution in [0, 0.1) is 56.7 Å². The zero-order valence-corrected chi connectivity index (χ0v) is 28.7. The summed E-state index contributed by atoms with van der Waals surface area (Å²) in [4.78, 5) is 13.0. The number of aliphatic hydroxyl groups is 2. The van der Waals surface area contributed by atoms with E-state index in [0.29, 0.717) is 29.2 Å². The molecule has 6 rings (SSSR count). The molecular weight excluding hydrogens is 564 g/mol. The Bertz CT molecular complexity index is 1340. The summed E-state index contributed by atoms with van der Waals surface area (Å²) < 4.78 is 6.17. The minimum atomic E-state index is -0.734. The van der Waals surface area contributed by atoms with Gasteiger partial charge in [-0.05, 0) is 153 Å². The number of phenolic OH excluding ortho intramolecular Hbond substituents is 2. The van der Waals surface area contributed by atoms with Gasteiger partial charge >= 0.3 is 5.97 Å². The molecule has 0 radical (unpaired) electrons. The third kappa shape index (κ3) is 4.81. The van der Waals surface area contributed by atoms with Crippen molar-refractivity contribution >= 4 is 12.0 Å². The van der Waals surface area contributed by atoms with E-state index < -0.39 is 5.60 Å². The third-order valence-electron chi connectivity index (χ3n) is 15.4. The first-order valence-corrected chi connectivity index (χ1v) is 17.7. The molecule has 0 heterocycles. The molecule has 0 spiro atoms. The summed E-state index contributed by atoms with van der Waals surface area (Å²) in [5, 5.41) is 41.5. The average molecular weight is 623 g/mol. The van der Waals surface area contributed by atoms with Gasteiger partial charge in [0.15, 0.2) is 11.5 Å². The SMILES string of the molecule is CC(C)(O)[C@@H]1CC[C@]2(CO)CC[C@]3(C)[C@H](CC[C@@H]4[C@@]5(C)CC[C@H](OC(=O)/C=C/c6ccc(O)c(O)c6)C(C)(C)[C@@H]5CC[C@]43C)[C@@H]12. The normalized spacial score (nSPS) is 44.0. The highest BCUT2D eigenvalue weighted by molar-refractivity contribution is 5.87. The number of aliphatic hydroxyl groups excluding tert-OH is 1. The van der Waals surface area contributed by atoms with Crippen LogP contribution >= 0.6 is 0 Å². The number of carbonyl (C=O) groups is 1. The first kappa shape index (κ1) is 32.9. The van der Waals surface area contributed by atoms with Crippen molar-refractivity contribution in [2.45, 2.75) is 124 Å². The average Bonchev–Trinajstić information content (AvgIpc) is 3.36. The van der Waals surface area contributed by atoms with Gasteiger partial charge in [-0.1, -0.05) is 40.7 Å². The fourth-order valence-electron chi connectivity index (χ4n) is 13.0. The molecule has 0 aromatic heterocycles. The van der Waals surface area contributed by atoms with Crippen LogP contribution < -0.4 is 0 Å². The van der Waals surface area contributed by atoms with E-state index in [-0.39, 0.29) is 63.2 Å². The van der Waals surface area contributed by atoms with Gasteiger partial charge in [-0.3, -0.25) is 0 Å². The van der Waals surface area contributed by atoms with Gasteiger partial charge in [-0.15, -0.1) is 0 Å². The Kier molecular flexibility index (Phi) is 7.84. The minimum absolute atomic E-state index is 0.0415. The van der Waals surface area contributed by atoms with Crippen molar-refractivity contribution in [2.75, 3.05) is 6.61 Å². The Labute approximate surface area is 270 Å². The second-order valence-electron chi connectivity index (χ2n) is 17.9. The number of aromatic hydroxyl groups is 2. The number of esters is 1. The largest absolute Gasteiger partial charge is 0.504 e. The van der Waals surface area contributed by atoms with Crippen LogP contribution in [0.15, 0.2) is 24.3 Å². The molecule has 6 nitrogen and oxygen atoms in total. The molecule has 0 saturated heterocycles. The molecule has 1 aromatic carbocycles. The van der Waals surface area contributed by atoms with Crippen LogP contribution in [0.25, 0.3) is 6.08 Å². The molecule has 10 atom stereocenters. The Morgan fingerprint density at radius 2 is 1.62 bits per heavy atom. The second-order valence-corrected chi connectivity index (χ2v) is 17.9. The maximum atomic E-state index is 13.0. The molecule has 0 aliphatic heterocycles. The van der Waals surface area contributed by atoms with Crippen molar-refractivity contribution in [1.29, 1.82) is 0 Å². The van der Waals surface area contributed by atoms with Gasteiger partial charge in [0.05, 0.1) is 5.60 Å². The lowest BCUT2D eigenvalue weighted by molar-refractivity contribution is -0.255. The zero-order chi connectivity index (χ0) is 32.8. The molecule has 0 amide bonds. The standard InChI is InChI=1S/C39H58O6/c1-34(2)29-15-18-38(7)30(12-10-26-33-25(35(3,4)44)14-19-39(33,23-40)21-20-37(26,38)6)36(29,5)17-16-31(34)45-32(43)13-9-24-8-11-27(41)28(42)22-24/h8-9,11,13,22,25-26,29-31,33,40-42,44H,10,12,14-21,23H2,1-7H3/b13-9+/t25-,26-,29+,30-,31+,33-,36+,37-,38-,39-/m1/s1. The fraction of sp³-hybridized carbons (Fsp3) is 0.769. The number of carbonyl (C=O) groups excluding carboxylic acids is 1. The van der Waals surface area contributed by atoms with Gasteiger partial charge in [0.1, 0.15) is 6.10 Å². The Morgan fingerprint density at radius 1 is 0.889 bits per heavy atom. The summed E-state index contributed by atoms with van der Waals surface area (Å²) >= 11 is 0. The van der Waals surface area contributed by atoms with E-state index >= 15 is 0 Å². The smallest absolute Gasteiger partial charge is 0.331 e. The molecule has 45 heavy (non-hydrogen) atoms. The lowest BCUT2D eigenvalue weighted by Crippen LogP contribution is -2.67. The van der Waals surface area contributed by atoms with E-state index in [4.69, 9.17) is 4.74 Å². The summed E-state index contributed by atoms with van der Waals surface area (Å²) in [6.45, 7) is 16.6. The van der Waals surface area contributed by atoms with Crippen LogP contribution in [0.5, 0.6) is 11.5 Å². The lowest BCUT2D eigenvalue weighted by atomic mass is 9.32. The molecule has 0 unspecified atom stereocenters. The van der Waals surface area contributed by atoms with Crippen molar-refractivity contribution in [3.63, 3.8) is 0 Å². The Balaban J connectivity index is 1.23. The topological polar surface area (TPSA) is 107 Å². The number of benzene rings is 1. The molecular formula is C39H58O6. The number of hydrogen-bond acceptors (Lipinski definition) is 6. The van der Waals surface area contributed by atoms with Gasteiger partial charge in [-0.2, -0.15) is 0 Å². The zero-order valence-electron chi connectivity index (χ0n) is 28.7. The summed E-state index contributed by atoms with van der Waals surface area (Å²) in [5.74, 6) is 1.39. The van der Waals surface area contributed by atoms with Crippen molar-refractivity contribution in [1.82, 2.24) is 0 Å². The molecule has 6 heteroatoms. The molecule has 5 saturated carbocycles. The third-order valence-corrected chi connectivity index (χ3v) is 15.4. The molecule has 0 bridgehead atoms. The molecule has 1 aromatic rings. The molecule has 5 aliphatic carbocycles. The first-order valence-electron chi connectivity index (χ1n) is 17.7. The van der Waals surface area contributed by atoms with Crippen LogP contribution in [0.4, 0.5) is 0 Å². The van der Waals surface area contributed by atoms with E-state index in [0.717, 1.165) is 44.9 Å². The predicted octanol–water partition coefficient (Wildman–Crippen LogP) is 7.87. The van der Waals surface area contributed by atoms with Gasteiger partial charge < -0.3 is 25.2 Å². The second kappa shape index (κ2) is 10.7. The summed E-state index contributed by atoms with van der Waals surface area (Å²) in [7, 11) is 0. The fourth-order valence-corrected chi connectivity index (χ4v) is 13.0. The molecule has 5 fully saturated rings. The number of ether oxygens (including phenoxy) is 1. The summed E-state index contributed by atoms with van der Waals surface area (Å²) in [5.41, 5.74) is 0.197. The highest BCUT2D eigenvalue weighted by Crippen LogP contribution is 2.77. The van der Waals surface area contributed by atoms with E-state index in [1.165, 1.54) is 37.5 Å². The van der Waals surface area contributed by atoms with Crippen LogP contribution in [0.2, 0.25) is 0 Å². The van der Waals surface area contributed by atoms with E-state index in [9.17, 15) is 25.2 Å². The molecule has 4 N–H and O–H groups in total. The monoisotopic (exact) mass is 622 g/mol. The van der Waals surface area contributed by atoms with Crippen molar-refractivity contribution in [3.05, 3.63) is 29.8 Å². The first-order chi connectivity index (χ1) is 20.9. The van der Waals surface area contributed by atoms with Crippen LogP contribution in [0.3, 0.4) is 0 Å². The Morgan fingerprint density at radius 3 is 2.29 bits per heavy atom. The maximum Gasteiger partial charge on any atom is 0.331 e. The van der Waals surface area contributed by atoms with Crippen LogP contribution in [0.1, 0.15) is 118 Å². The molecule has 250 valence electrons. The quantitative estimate of drug-likeness (QED) is 0.151. The van der Waals surface area contributed by atoms with Crippen molar-refractivity contribution < 1.29 is 30.0 Å². The lowest BCUT2D eigenvalue weighted by Gasteiger charge is -2.73. The predicted molar refractivity (Wildman–Crippen MR) is 176 cm³/mol. The molecule has 5 aliphatic rings. The number of hydrogen-bond donors (Lipinski definition) is 4. The Hall–Kier alpha value is -2.05. The highest BCUT2D eigenvalue weighted by atomic mass is 16.5. The minimum Gasteiger partial charge on any atom is -0.504 e. The van der Waals surface area contributed by atoms with E-state index in [2.05, 4.69) is 34.6 Å². The van der Waals surface area contributed by atoms with Crippen LogP contribution in [-0.4, -0.2) is 44.7 Å². The van der Waals surface area contributed by atoms with Gasteiger partial charge in [0.25, 0.3) is 0 Å². The summed E-state index contributed by atoms with van der Waals surface area (Å²) in [6.07, 6.45) is 13.7. The van der Waals surface area contributed by atoms with Gasteiger partial charge in [0, 0.05) is 18.1 Å². The highest BCUT2D eigenvalue weighted by Gasteiger charge is 2.71. The van der Waals surface area contributed by atoms with Crippen molar-refractivity contribution in [3.8, 4) is 11.5 Å².